The Balaban J connectivity index is 2.20. The number of rotatable bonds is 3. The number of carboxylic acid groups (broad SMARTS) is 1. The maximum absolute atomic E-state index is 13.1. The number of nitrogens with zero attached hydrogens (tertiary/aromatic N) is 2. The van der Waals surface area contributed by atoms with Crippen LogP contribution in [0.2, 0.25) is 0 Å². The van der Waals surface area contributed by atoms with Crippen LogP contribution in [0.3, 0.4) is 0 Å². The number of aryl methyl sites for hydroxylation is 1. The molecule has 1 aromatic carbocycles. The van der Waals surface area contributed by atoms with Gasteiger partial charge in [-0.25, -0.2) is 18.4 Å². The maximum atomic E-state index is 13.1. The van der Waals surface area contributed by atoms with E-state index in [1.807, 2.05) is 0 Å². The number of hydrogen-bond donors (Lipinski definition) is 3. The molecular formula is C11H8F2N4O3S. The first-order valence-corrected chi connectivity index (χ1v) is 6.29. The highest BCUT2D eigenvalue weighted by molar-refractivity contribution is 7.15. The number of carbonyl (C=O) groups is 2. The summed E-state index contributed by atoms with van der Waals surface area (Å²) in [5, 5.41) is 21.4. The number of nitrogens with one attached hydrogen (secondary N) is 2. The molecule has 0 bridgehead atoms. The van der Waals surface area contributed by atoms with Crippen LogP contribution in [0.5, 0.6) is 0 Å². The zero-order valence-electron chi connectivity index (χ0n) is 10.5. The van der Waals surface area contributed by atoms with Crippen molar-refractivity contribution >= 4 is 34.2 Å². The first-order valence-electron chi connectivity index (χ1n) is 5.47. The molecule has 1 aromatic heterocycles. The molecule has 7 nitrogen and oxygen atoms in total. The highest BCUT2D eigenvalue weighted by Gasteiger charge is 2.17. The van der Waals surface area contributed by atoms with E-state index < -0.39 is 29.2 Å². The van der Waals surface area contributed by atoms with Crippen LogP contribution in [0.1, 0.15) is 15.4 Å². The second-order valence-corrected chi connectivity index (χ2v) is 5.00. The monoisotopic (exact) mass is 314 g/mol. The Kier molecular flexibility index (Phi) is 4.08. The minimum atomic E-state index is -1.50. The van der Waals surface area contributed by atoms with Crippen LogP contribution in [0.4, 0.5) is 24.4 Å². The number of aromatic nitrogens is 2. The number of benzene rings is 1. The van der Waals surface area contributed by atoms with Crippen LogP contribution < -0.4 is 10.6 Å². The van der Waals surface area contributed by atoms with E-state index in [0.717, 1.165) is 11.3 Å². The van der Waals surface area contributed by atoms with E-state index in [1.54, 1.807) is 6.92 Å². The molecule has 1 heterocycles. The summed E-state index contributed by atoms with van der Waals surface area (Å²) in [7, 11) is 0. The second-order valence-electron chi connectivity index (χ2n) is 3.82. The van der Waals surface area contributed by atoms with Gasteiger partial charge in [-0.1, -0.05) is 11.3 Å². The topological polar surface area (TPSA) is 104 Å². The molecule has 10 heteroatoms. The molecule has 0 fully saturated rings. The number of carbonyl (C=O) groups excluding carboxylic acids is 1. The van der Waals surface area contributed by atoms with Crippen molar-refractivity contribution < 1.29 is 23.5 Å². The Labute approximate surface area is 120 Å². The molecule has 0 spiro atoms. The lowest BCUT2D eigenvalue weighted by Crippen LogP contribution is -2.21. The van der Waals surface area contributed by atoms with E-state index in [9.17, 15) is 18.4 Å². The summed E-state index contributed by atoms with van der Waals surface area (Å²) < 4.78 is 26.2. The molecular weight excluding hydrogens is 306 g/mol. The summed E-state index contributed by atoms with van der Waals surface area (Å²) in [5.41, 5.74) is -0.947. The summed E-state index contributed by atoms with van der Waals surface area (Å²) >= 11 is 1.10. The fraction of sp³-hybridized carbons (Fsp3) is 0.0909. The lowest BCUT2D eigenvalue weighted by molar-refractivity contribution is 0.0697. The average Bonchev–Trinajstić information content (AvgIpc) is 2.78. The number of halogens is 2. The van der Waals surface area contributed by atoms with Gasteiger partial charge in [-0.05, 0) is 13.0 Å². The molecule has 0 atom stereocenters. The van der Waals surface area contributed by atoms with Gasteiger partial charge in [0, 0.05) is 6.07 Å². The summed E-state index contributed by atoms with van der Waals surface area (Å²) in [5.74, 6) is -4.10. The Bertz CT molecular complexity index is 719. The van der Waals surface area contributed by atoms with E-state index in [-0.39, 0.29) is 10.8 Å². The van der Waals surface area contributed by atoms with Crippen LogP contribution in [0.15, 0.2) is 12.1 Å². The van der Waals surface area contributed by atoms with Crippen LogP contribution >= 0.6 is 11.3 Å². The zero-order chi connectivity index (χ0) is 15.6. The van der Waals surface area contributed by atoms with Crippen LogP contribution in [0, 0.1) is 18.6 Å². The summed E-state index contributed by atoms with van der Waals surface area (Å²) in [6.45, 7) is 1.68. The number of aromatic carboxylic acids is 1. The lowest BCUT2D eigenvalue weighted by atomic mass is 10.1. The number of amides is 2. The van der Waals surface area contributed by atoms with Crippen molar-refractivity contribution in [1.29, 1.82) is 0 Å². The van der Waals surface area contributed by atoms with Gasteiger partial charge in [0.15, 0.2) is 11.6 Å². The molecule has 2 amide bonds. The Morgan fingerprint density at radius 3 is 2.43 bits per heavy atom. The van der Waals surface area contributed by atoms with Crippen molar-refractivity contribution in [2.75, 3.05) is 10.6 Å². The van der Waals surface area contributed by atoms with Crippen LogP contribution in [-0.4, -0.2) is 27.3 Å². The molecule has 0 saturated heterocycles. The van der Waals surface area contributed by atoms with Crippen LogP contribution in [0.25, 0.3) is 0 Å². The summed E-state index contributed by atoms with van der Waals surface area (Å²) in [6, 6.07) is 0.228. The molecule has 3 N–H and O–H groups in total. The van der Waals surface area contributed by atoms with Crippen molar-refractivity contribution in [3.63, 3.8) is 0 Å². The fourth-order valence-electron chi connectivity index (χ4n) is 1.42. The highest BCUT2D eigenvalue weighted by atomic mass is 32.1. The van der Waals surface area contributed by atoms with Gasteiger partial charge >= 0.3 is 12.0 Å². The van der Waals surface area contributed by atoms with Gasteiger partial charge in [0.2, 0.25) is 5.13 Å². The Morgan fingerprint density at radius 1 is 1.19 bits per heavy atom. The third kappa shape index (κ3) is 3.48. The van der Waals surface area contributed by atoms with Crippen LogP contribution in [-0.2, 0) is 0 Å². The first-order chi connectivity index (χ1) is 9.86. The summed E-state index contributed by atoms with van der Waals surface area (Å²) in [6.07, 6.45) is 0. The number of hydrogen-bond acceptors (Lipinski definition) is 5. The van der Waals surface area contributed by atoms with Gasteiger partial charge in [0.1, 0.15) is 5.01 Å². The van der Waals surface area contributed by atoms with E-state index in [0.29, 0.717) is 17.1 Å². The SMILES string of the molecule is Cc1nnc(NC(=O)Nc2cc(F)c(F)cc2C(=O)O)s1. The molecule has 0 aliphatic carbocycles. The fourth-order valence-corrected chi connectivity index (χ4v) is 2.01. The molecule has 0 aliphatic rings. The third-order valence-corrected chi connectivity index (χ3v) is 3.04. The largest absolute Gasteiger partial charge is 0.478 e. The predicted molar refractivity (Wildman–Crippen MR) is 70.6 cm³/mol. The van der Waals surface area contributed by atoms with Gasteiger partial charge < -0.3 is 10.4 Å². The normalized spacial score (nSPS) is 10.2. The van der Waals surface area contributed by atoms with Crippen molar-refractivity contribution in [2.24, 2.45) is 0 Å². The molecule has 0 saturated carbocycles. The minimum Gasteiger partial charge on any atom is -0.478 e. The maximum Gasteiger partial charge on any atom is 0.337 e. The smallest absolute Gasteiger partial charge is 0.337 e. The predicted octanol–water partition coefficient (Wildman–Crippen LogP) is 2.47. The number of anilines is 2. The molecule has 110 valence electrons. The minimum absolute atomic E-state index is 0.185. The first kappa shape index (κ1) is 14.8. The number of carboxylic acids is 1. The standard InChI is InChI=1S/C11H8F2N4O3S/c1-4-16-17-11(21-4)15-10(20)14-8-3-7(13)6(12)2-5(8)9(18)19/h2-3H,1H3,(H,18,19)(H2,14,15,17,20). The van der Waals surface area contributed by atoms with E-state index in [1.165, 1.54) is 0 Å². The van der Waals surface area contributed by atoms with Gasteiger partial charge in [0.25, 0.3) is 0 Å². The molecule has 0 radical (unpaired) electrons. The number of urea groups is 1. The zero-order valence-corrected chi connectivity index (χ0v) is 11.3. The molecule has 2 rings (SSSR count). The quantitative estimate of drug-likeness (QED) is 0.807. The summed E-state index contributed by atoms with van der Waals surface area (Å²) in [4.78, 5) is 22.6. The second kappa shape index (κ2) is 5.79. The molecule has 0 unspecified atom stereocenters. The van der Waals surface area contributed by atoms with Crippen molar-refractivity contribution in [1.82, 2.24) is 10.2 Å². The van der Waals surface area contributed by atoms with E-state index >= 15 is 0 Å². The van der Waals surface area contributed by atoms with Gasteiger partial charge in [-0.15, -0.1) is 10.2 Å². The van der Waals surface area contributed by atoms with E-state index in [4.69, 9.17) is 5.11 Å². The van der Waals surface area contributed by atoms with Gasteiger partial charge in [-0.2, -0.15) is 0 Å². The van der Waals surface area contributed by atoms with Crippen molar-refractivity contribution in [2.45, 2.75) is 6.92 Å². The highest BCUT2D eigenvalue weighted by Crippen LogP contribution is 2.21. The Hall–Kier alpha value is -2.62. The third-order valence-electron chi connectivity index (χ3n) is 2.29. The van der Waals surface area contributed by atoms with Crippen molar-refractivity contribution in [3.8, 4) is 0 Å². The van der Waals surface area contributed by atoms with E-state index in [2.05, 4.69) is 20.8 Å². The molecule has 21 heavy (non-hydrogen) atoms. The van der Waals surface area contributed by atoms with Gasteiger partial charge in [-0.3, -0.25) is 5.32 Å². The lowest BCUT2D eigenvalue weighted by Gasteiger charge is -2.09. The molecule has 2 aromatic rings. The Morgan fingerprint density at radius 2 is 1.86 bits per heavy atom. The average molecular weight is 314 g/mol. The van der Waals surface area contributed by atoms with Crippen molar-refractivity contribution in [3.05, 3.63) is 34.3 Å². The van der Waals surface area contributed by atoms with Gasteiger partial charge in [0.05, 0.1) is 11.3 Å². The molecule has 0 aliphatic heterocycles.